The fourth-order valence-electron chi connectivity index (χ4n) is 4.09. The molecule has 0 saturated heterocycles. The molecule has 8 heteroatoms. The molecule has 4 rings (SSSR count). The number of amides is 2. The van der Waals surface area contributed by atoms with Crippen molar-refractivity contribution >= 4 is 38.9 Å². The van der Waals surface area contributed by atoms with Gasteiger partial charge in [-0.25, -0.2) is 8.42 Å². The van der Waals surface area contributed by atoms with Gasteiger partial charge in [0.15, 0.2) is 0 Å². The van der Waals surface area contributed by atoms with Crippen molar-refractivity contribution in [2.75, 3.05) is 15.4 Å². The number of fused-ring (bicyclic) bond motifs is 2. The third kappa shape index (κ3) is 3.13. The minimum Gasteiger partial charge on any atom is -0.326 e. The Morgan fingerprint density at radius 3 is 2.32 bits per heavy atom. The van der Waals surface area contributed by atoms with Gasteiger partial charge in [0, 0.05) is 24.0 Å². The normalized spacial score (nSPS) is 17.2. The van der Waals surface area contributed by atoms with Crippen LogP contribution in [-0.4, -0.2) is 20.2 Å². The minimum absolute atomic E-state index is 0.00793. The Bertz CT molecular complexity index is 1060. The number of sulfonamides is 1. The van der Waals surface area contributed by atoms with Gasteiger partial charge in [0.05, 0.1) is 10.3 Å². The van der Waals surface area contributed by atoms with Crippen LogP contribution in [0.1, 0.15) is 38.2 Å². The molecule has 1 heterocycles. The first-order valence-corrected chi connectivity index (χ1v) is 10.6. The Balaban J connectivity index is 1.60. The van der Waals surface area contributed by atoms with E-state index >= 15 is 0 Å². The van der Waals surface area contributed by atoms with Crippen LogP contribution in [0.15, 0.2) is 47.4 Å². The molecule has 0 radical (unpaired) electrons. The van der Waals surface area contributed by atoms with Gasteiger partial charge in [-0.2, -0.15) is 0 Å². The Hall–Kier alpha value is -2.87. The van der Waals surface area contributed by atoms with Crippen LogP contribution in [0.5, 0.6) is 0 Å². The van der Waals surface area contributed by atoms with E-state index in [1.807, 2.05) is 0 Å². The third-order valence-corrected chi connectivity index (χ3v) is 6.81. The lowest BCUT2D eigenvalue weighted by molar-refractivity contribution is -0.120. The van der Waals surface area contributed by atoms with E-state index in [9.17, 15) is 18.0 Å². The number of nitrogens with one attached hydrogen (secondary N) is 3. The number of carbonyl (C=O) groups is 2. The first-order valence-electron chi connectivity index (χ1n) is 9.17. The zero-order valence-corrected chi connectivity index (χ0v) is 16.2. The first kappa shape index (κ1) is 18.5. The highest BCUT2D eigenvalue weighted by Crippen LogP contribution is 2.49. The fraction of sp³-hybridized carbons (Fsp3) is 0.300. The second-order valence-corrected chi connectivity index (χ2v) is 9.00. The van der Waals surface area contributed by atoms with Crippen molar-refractivity contribution in [2.45, 2.75) is 42.9 Å². The van der Waals surface area contributed by atoms with Crippen LogP contribution in [0.4, 0.5) is 17.1 Å². The molecule has 2 aromatic carbocycles. The Morgan fingerprint density at radius 1 is 1.04 bits per heavy atom. The van der Waals surface area contributed by atoms with Crippen molar-refractivity contribution in [1.82, 2.24) is 0 Å². The van der Waals surface area contributed by atoms with Crippen molar-refractivity contribution < 1.29 is 18.0 Å². The summed E-state index contributed by atoms with van der Waals surface area (Å²) in [5, 5.41) is 5.52. The zero-order valence-electron chi connectivity index (χ0n) is 15.4. The largest absolute Gasteiger partial charge is 0.326 e. The summed E-state index contributed by atoms with van der Waals surface area (Å²) in [5.41, 5.74) is 2.05. The summed E-state index contributed by atoms with van der Waals surface area (Å²) in [6.45, 7) is 1.39. The fourth-order valence-corrected chi connectivity index (χ4v) is 5.14. The molecule has 146 valence electrons. The van der Waals surface area contributed by atoms with Gasteiger partial charge in [0.25, 0.3) is 10.0 Å². The minimum atomic E-state index is -3.79. The SMILES string of the molecule is CC(=O)Nc1ccc(S(=O)(=O)Nc2ccc3c(c2)C2(CCCC2)C(=O)N3)cc1. The van der Waals surface area contributed by atoms with Crippen LogP contribution in [0.2, 0.25) is 0 Å². The van der Waals surface area contributed by atoms with E-state index in [4.69, 9.17) is 0 Å². The van der Waals surface area contributed by atoms with Gasteiger partial charge in [-0.3, -0.25) is 14.3 Å². The lowest BCUT2D eigenvalue weighted by Crippen LogP contribution is -2.31. The second-order valence-electron chi connectivity index (χ2n) is 7.31. The number of anilines is 3. The van der Waals surface area contributed by atoms with Crippen LogP contribution < -0.4 is 15.4 Å². The van der Waals surface area contributed by atoms with Crippen LogP contribution >= 0.6 is 0 Å². The van der Waals surface area contributed by atoms with Gasteiger partial charge in [-0.1, -0.05) is 12.8 Å². The number of carbonyl (C=O) groups excluding carboxylic acids is 2. The lowest BCUT2D eigenvalue weighted by atomic mass is 9.80. The van der Waals surface area contributed by atoms with E-state index in [-0.39, 0.29) is 16.7 Å². The summed E-state index contributed by atoms with van der Waals surface area (Å²) in [4.78, 5) is 23.7. The highest BCUT2D eigenvalue weighted by molar-refractivity contribution is 7.92. The van der Waals surface area contributed by atoms with E-state index < -0.39 is 15.4 Å². The number of hydrogen-bond donors (Lipinski definition) is 3. The molecular formula is C20H21N3O4S. The standard InChI is InChI=1S/C20H21N3O4S/c1-13(24)21-14-4-7-16(8-5-14)28(26,27)23-15-6-9-18-17(12-15)20(19(25)22-18)10-2-3-11-20/h4-9,12,23H,2-3,10-11H2,1H3,(H,21,24)(H,22,25). The molecule has 1 fully saturated rings. The van der Waals surface area contributed by atoms with Gasteiger partial charge < -0.3 is 10.6 Å². The summed E-state index contributed by atoms with van der Waals surface area (Å²) >= 11 is 0. The van der Waals surface area contributed by atoms with Gasteiger partial charge in [-0.15, -0.1) is 0 Å². The number of benzene rings is 2. The van der Waals surface area contributed by atoms with Crippen molar-refractivity contribution in [3.8, 4) is 0 Å². The molecule has 0 aromatic heterocycles. The van der Waals surface area contributed by atoms with E-state index in [2.05, 4.69) is 15.4 Å². The highest BCUT2D eigenvalue weighted by Gasteiger charge is 2.48. The van der Waals surface area contributed by atoms with Crippen molar-refractivity contribution in [3.05, 3.63) is 48.0 Å². The van der Waals surface area contributed by atoms with Gasteiger partial charge in [0.2, 0.25) is 11.8 Å². The summed E-state index contributed by atoms with van der Waals surface area (Å²) in [7, 11) is -3.79. The van der Waals surface area contributed by atoms with E-state index in [1.54, 1.807) is 18.2 Å². The molecule has 2 amide bonds. The quantitative estimate of drug-likeness (QED) is 0.734. The maximum absolute atomic E-state index is 12.7. The van der Waals surface area contributed by atoms with Crippen LogP contribution in [0.3, 0.4) is 0 Å². The summed E-state index contributed by atoms with van der Waals surface area (Å²) < 4.78 is 28.1. The maximum atomic E-state index is 12.7. The molecule has 2 aromatic rings. The molecule has 1 aliphatic carbocycles. The van der Waals surface area contributed by atoms with E-state index in [0.717, 1.165) is 36.9 Å². The molecule has 0 bridgehead atoms. The molecule has 1 aliphatic heterocycles. The Labute approximate surface area is 163 Å². The van der Waals surface area contributed by atoms with Crippen LogP contribution in [0, 0.1) is 0 Å². The Morgan fingerprint density at radius 2 is 1.68 bits per heavy atom. The Kier molecular flexibility index (Phi) is 4.38. The van der Waals surface area contributed by atoms with E-state index in [1.165, 1.54) is 31.2 Å². The molecule has 1 saturated carbocycles. The molecule has 28 heavy (non-hydrogen) atoms. The van der Waals surface area contributed by atoms with Gasteiger partial charge in [-0.05, 0) is 60.9 Å². The number of rotatable bonds is 4. The molecular weight excluding hydrogens is 378 g/mol. The topological polar surface area (TPSA) is 104 Å². The molecule has 2 aliphatic rings. The molecule has 3 N–H and O–H groups in total. The smallest absolute Gasteiger partial charge is 0.261 e. The van der Waals surface area contributed by atoms with Gasteiger partial charge in [0.1, 0.15) is 0 Å². The maximum Gasteiger partial charge on any atom is 0.261 e. The third-order valence-electron chi connectivity index (χ3n) is 5.41. The summed E-state index contributed by atoms with van der Waals surface area (Å²) in [6.07, 6.45) is 3.55. The van der Waals surface area contributed by atoms with Gasteiger partial charge >= 0.3 is 0 Å². The second kappa shape index (κ2) is 6.63. The zero-order chi connectivity index (χ0) is 19.9. The molecule has 7 nitrogen and oxygen atoms in total. The van der Waals surface area contributed by atoms with E-state index in [0.29, 0.717) is 11.4 Å². The van der Waals surface area contributed by atoms with Crippen molar-refractivity contribution in [1.29, 1.82) is 0 Å². The first-order chi connectivity index (χ1) is 13.3. The monoisotopic (exact) mass is 399 g/mol. The number of hydrogen-bond acceptors (Lipinski definition) is 4. The average Bonchev–Trinajstić information content (AvgIpc) is 3.22. The lowest BCUT2D eigenvalue weighted by Gasteiger charge is -2.21. The van der Waals surface area contributed by atoms with Crippen LogP contribution in [0.25, 0.3) is 0 Å². The molecule has 0 unspecified atom stereocenters. The predicted molar refractivity (Wildman–Crippen MR) is 107 cm³/mol. The highest BCUT2D eigenvalue weighted by atomic mass is 32.2. The average molecular weight is 399 g/mol. The summed E-state index contributed by atoms with van der Waals surface area (Å²) in [6, 6.07) is 11.1. The molecule has 1 spiro atoms. The van der Waals surface area contributed by atoms with Crippen molar-refractivity contribution in [3.63, 3.8) is 0 Å². The van der Waals surface area contributed by atoms with Crippen molar-refractivity contribution in [2.24, 2.45) is 0 Å². The van der Waals surface area contributed by atoms with Crippen LogP contribution in [-0.2, 0) is 25.0 Å². The summed E-state index contributed by atoms with van der Waals surface area (Å²) in [5.74, 6) is -0.218. The molecule has 0 atom stereocenters. The predicted octanol–water partition coefficient (Wildman–Crippen LogP) is 3.21.